The standard InChI is InChI=1S/C16H21N3/c17-13-7-12(8-13)11-5-6-14-15(9-11)19-16(18-14)10-3-1-2-4-10/h5-6,9-10,12-13H,1-4,7-8,17H2,(H,18,19). The van der Waals surface area contributed by atoms with Gasteiger partial charge in [-0.1, -0.05) is 18.9 Å². The van der Waals surface area contributed by atoms with Gasteiger partial charge in [0.2, 0.25) is 0 Å². The molecule has 0 radical (unpaired) electrons. The molecule has 0 saturated heterocycles. The van der Waals surface area contributed by atoms with Gasteiger partial charge in [-0.25, -0.2) is 4.98 Å². The van der Waals surface area contributed by atoms with Crippen molar-refractivity contribution in [2.24, 2.45) is 5.73 Å². The lowest BCUT2D eigenvalue weighted by molar-refractivity contribution is 0.352. The van der Waals surface area contributed by atoms with Crippen molar-refractivity contribution in [1.82, 2.24) is 9.97 Å². The van der Waals surface area contributed by atoms with Crippen molar-refractivity contribution in [2.75, 3.05) is 0 Å². The van der Waals surface area contributed by atoms with E-state index in [4.69, 9.17) is 10.7 Å². The molecule has 1 aromatic heterocycles. The summed E-state index contributed by atoms with van der Waals surface area (Å²) in [5.41, 5.74) is 9.64. The first-order chi connectivity index (χ1) is 9.29. The highest BCUT2D eigenvalue weighted by atomic mass is 14.9. The van der Waals surface area contributed by atoms with Crippen molar-refractivity contribution >= 4 is 11.0 Å². The van der Waals surface area contributed by atoms with E-state index in [2.05, 4.69) is 23.2 Å². The molecule has 2 aliphatic rings. The number of imidazole rings is 1. The number of hydrogen-bond donors (Lipinski definition) is 2. The maximum absolute atomic E-state index is 5.89. The van der Waals surface area contributed by atoms with Crippen LogP contribution in [0.2, 0.25) is 0 Å². The Hall–Kier alpha value is -1.35. The number of aromatic amines is 1. The van der Waals surface area contributed by atoms with Crippen LogP contribution in [0.3, 0.4) is 0 Å². The van der Waals surface area contributed by atoms with Crippen LogP contribution in [0.4, 0.5) is 0 Å². The summed E-state index contributed by atoms with van der Waals surface area (Å²) >= 11 is 0. The summed E-state index contributed by atoms with van der Waals surface area (Å²) < 4.78 is 0. The van der Waals surface area contributed by atoms with E-state index in [1.54, 1.807) is 0 Å². The van der Waals surface area contributed by atoms with Crippen LogP contribution in [0.1, 0.15) is 61.7 Å². The van der Waals surface area contributed by atoms with Gasteiger partial charge in [-0.2, -0.15) is 0 Å². The van der Waals surface area contributed by atoms with Gasteiger partial charge in [0.05, 0.1) is 11.0 Å². The average Bonchev–Trinajstić information content (AvgIpc) is 3.02. The van der Waals surface area contributed by atoms with Gasteiger partial charge in [-0.15, -0.1) is 0 Å². The number of nitrogens with one attached hydrogen (secondary N) is 1. The Labute approximate surface area is 113 Å². The van der Waals surface area contributed by atoms with Crippen molar-refractivity contribution < 1.29 is 0 Å². The third kappa shape index (κ3) is 1.96. The Morgan fingerprint density at radius 2 is 1.89 bits per heavy atom. The molecule has 1 aromatic carbocycles. The van der Waals surface area contributed by atoms with Crippen molar-refractivity contribution in [3.8, 4) is 0 Å². The Kier molecular flexibility index (Phi) is 2.62. The van der Waals surface area contributed by atoms with E-state index in [-0.39, 0.29) is 0 Å². The number of aromatic nitrogens is 2. The number of hydrogen-bond acceptors (Lipinski definition) is 2. The molecule has 2 aliphatic carbocycles. The smallest absolute Gasteiger partial charge is 0.110 e. The lowest BCUT2D eigenvalue weighted by Crippen LogP contribution is -2.34. The summed E-state index contributed by atoms with van der Waals surface area (Å²) in [5, 5.41) is 0. The number of nitrogens with zero attached hydrogens (tertiary/aromatic N) is 1. The van der Waals surface area contributed by atoms with Gasteiger partial charge in [0.25, 0.3) is 0 Å². The second kappa shape index (κ2) is 4.34. The summed E-state index contributed by atoms with van der Waals surface area (Å²) in [5.74, 6) is 2.53. The third-order valence-corrected chi connectivity index (χ3v) is 4.91. The molecule has 3 heteroatoms. The fourth-order valence-electron chi connectivity index (χ4n) is 3.63. The second-order valence-corrected chi connectivity index (χ2v) is 6.31. The molecule has 2 saturated carbocycles. The van der Waals surface area contributed by atoms with Crippen LogP contribution >= 0.6 is 0 Å². The van der Waals surface area contributed by atoms with Crippen molar-refractivity contribution in [2.45, 2.75) is 56.4 Å². The molecule has 0 atom stereocenters. The second-order valence-electron chi connectivity index (χ2n) is 6.31. The summed E-state index contributed by atoms with van der Waals surface area (Å²) in [6, 6.07) is 7.11. The number of fused-ring (bicyclic) bond motifs is 1. The number of nitrogens with two attached hydrogens (primary N) is 1. The SMILES string of the molecule is NC1CC(c2ccc3nc(C4CCCC4)[nH]c3c2)C1. The molecule has 100 valence electrons. The first-order valence-electron chi connectivity index (χ1n) is 7.55. The molecule has 0 spiro atoms. The minimum absolute atomic E-state index is 0.413. The fraction of sp³-hybridized carbons (Fsp3) is 0.562. The van der Waals surface area contributed by atoms with Crippen LogP contribution in [0.25, 0.3) is 11.0 Å². The first kappa shape index (κ1) is 11.5. The van der Waals surface area contributed by atoms with Gasteiger partial charge in [-0.05, 0) is 49.3 Å². The molecular formula is C16H21N3. The minimum atomic E-state index is 0.413. The summed E-state index contributed by atoms with van der Waals surface area (Å²) in [6.45, 7) is 0. The normalized spacial score (nSPS) is 27.8. The highest BCUT2D eigenvalue weighted by Gasteiger charge is 2.27. The molecule has 0 aliphatic heterocycles. The van der Waals surface area contributed by atoms with Crippen molar-refractivity contribution in [1.29, 1.82) is 0 Å². The zero-order valence-electron chi connectivity index (χ0n) is 11.2. The predicted molar refractivity (Wildman–Crippen MR) is 77.3 cm³/mol. The largest absolute Gasteiger partial charge is 0.342 e. The van der Waals surface area contributed by atoms with Crippen LogP contribution in [0, 0.1) is 0 Å². The van der Waals surface area contributed by atoms with Gasteiger partial charge in [0.1, 0.15) is 5.82 Å². The highest BCUT2D eigenvalue weighted by Crippen LogP contribution is 2.37. The van der Waals surface area contributed by atoms with Gasteiger partial charge in [-0.3, -0.25) is 0 Å². The summed E-state index contributed by atoms with van der Waals surface area (Å²) in [6.07, 6.45) is 7.57. The molecule has 1 heterocycles. The van der Waals surface area contributed by atoms with Crippen LogP contribution in [-0.2, 0) is 0 Å². The van der Waals surface area contributed by atoms with Crippen LogP contribution in [0.15, 0.2) is 18.2 Å². The average molecular weight is 255 g/mol. The summed E-state index contributed by atoms with van der Waals surface area (Å²) in [7, 11) is 0. The van der Waals surface area contributed by atoms with Gasteiger partial charge in [0, 0.05) is 12.0 Å². The number of rotatable bonds is 2. The van der Waals surface area contributed by atoms with Crippen LogP contribution < -0.4 is 5.73 Å². The Morgan fingerprint density at radius 3 is 2.63 bits per heavy atom. The van der Waals surface area contributed by atoms with E-state index in [9.17, 15) is 0 Å². The Balaban J connectivity index is 1.65. The third-order valence-electron chi connectivity index (χ3n) is 4.91. The predicted octanol–water partition coefficient (Wildman–Crippen LogP) is 3.43. The maximum atomic E-state index is 5.89. The van der Waals surface area contributed by atoms with Crippen LogP contribution in [-0.4, -0.2) is 16.0 Å². The minimum Gasteiger partial charge on any atom is -0.342 e. The van der Waals surface area contributed by atoms with E-state index < -0.39 is 0 Å². The number of benzene rings is 1. The molecule has 19 heavy (non-hydrogen) atoms. The quantitative estimate of drug-likeness (QED) is 0.863. The molecular weight excluding hydrogens is 234 g/mol. The monoisotopic (exact) mass is 255 g/mol. The zero-order chi connectivity index (χ0) is 12.8. The topological polar surface area (TPSA) is 54.7 Å². The van der Waals surface area contributed by atoms with Crippen molar-refractivity contribution in [3.63, 3.8) is 0 Å². The van der Waals surface area contributed by atoms with E-state index in [0.717, 1.165) is 18.4 Å². The van der Waals surface area contributed by atoms with E-state index in [1.165, 1.54) is 42.6 Å². The Morgan fingerprint density at radius 1 is 1.11 bits per heavy atom. The van der Waals surface area contributed by atoms with E-state index in [0.29, 0.717) is 17.9 Å². The molecule has 0 unspecified atom stereocenters. The van der Waals surface area contributed by atoms with Crippen molar-refractivity contribution in [3.05, 3.63) is 29.6 Å². The summed E-state index contributed by atoms with van der Waals surface area (Å²) in [4.78, 5) is 8.32. The number of H-pyrrole nitrogens is 1. The first-order valence-corrected chi connectivity index (χ1v) is 7.55. The van der Waals surface area contributed by atoms with E-state index >= 15 is 0 Å². The van der Waals surface area contributed by atoms with Gasteiger partial charge in [0.15, 0.2) is 0 Å². The lowest BCUT2D eigenvalue weighted by Gasteiger charge is -2.32. The molecule has 3 nitrogen and oxygen atoms in total. The molecule has 3 N–H and O–H groups in total. The zero-order valence-corrected chi connectivity index (χ0v) is 11.2. The highest BCUT2D eigenvalue weighted by molar-refractivity contribution is 5.76. The fourth-order valence-corrected chi connectivity index (χ4v) is 3.63. The molecule has 2 aromatic rings. The van der Waals surface area contributed by atoms with Crippen LogP contribution in [0.5, 0.6) is 0 Å². The molecule has 0 amide bonds. The van der Waals surface area contributed by atoms with Gasteiger partial charge >= 0.3 is 0 Å². The van der Waals surface area contributed by atoms with E-state index in [1.807, 2.05) is 0 Å². The lowest BCUT2D eigenvalue weighted by atomic mass is 9.76. The van der Waals surface area contributed by atoms with Gasteiger partial charge < -0.3 is 10.7 Å². The molecule has 0 bridgehead atoms. The molecule has 2 fully saturated rings. The Bertz CT molecular complexity index is 589. The molecule has 4 rings (SSSR count). The maximum Gasteiger partial charge on any atom is 0.110 e.